The van der Waals surface area contributed by atoms with E-state index in [1.165, 1.54) is 12.1 Å². The molecule has 2 aromatic rings. The molecule has 0 aliphatic carbocycles. The molecule has 1 heterocycles. The minimum absolute atomic E-state index is 0.483. The molecule has 0 spiro atoms. The van der Waals surface area contributed by atoms with Crippen LogP contribution in [0.15, 0.2) is 15.3 Å². The largest absolute Gasteiger partial charge is 0.384 e. The average molecular weight is 369 g/mol. The van der Waals surface area contributed by atoms with Gasteiger partial charge in [-0.2, -0.15) is 10.5 Å². The number of nitrogens with two attached hydrogens (primary N) is 1. The van der Waals surface area contributed by atoms with Crippen LogP contribution < -0.4 is 11.3 Å². The summed E-state index contributed by atoms with van der Waals surface area (Å²) in [6.07, 6.45) is 0. The van der Waals surface area contributed by atoms with E-state index < -0.39 is 55.6 Å². The second-order valence-electron chi connectivity index (χ2n) is 4.06. The second-order valence-corrected chi connectivity index (χ2v) is 4.91. The Hall–Kier alpha value is -2.78. The van der Waals surface area contributed by atoms with E-state index in [2.05, 4.69) is 15.9 Å². The van der Waals surface area contributed by atoms with Gasteiger partial charge in [0.05, 0.1) is 10.0 Å². The van der Waals surface area contributed by atoms with Gasteiger partial charge in [-0.05, 0) is 22.0 Å². The topological polar surface area (TPSA) is 106 Å². The fourth-order valence-electron chi connectivity index (χ4n) is 1.89. The van der Waals surface area contributed by atoms with Gasteiger partial charge in [0.2, 0.25) is 0 Å². The van der Waals surface area contributed by atoms with Crippen LogP contribution in [-0.2, 0) is 0 Å². The van der Waals surface area contributed by atoms with Gasteiger partial charge in [0.1, 0.15) is 34.9 Å². The summed E-state index contributed by atoms with van der Waals surface area (Å²) in [6.45, 7) is 0. The van der Waals surface area contributed by atoms with Crippen molar-refractivity contribution in [1.82, 2.24) is 4.98 Å². The summed E-state index contributed by atoms with van der Waals surface area (Å²) in [7, 11) is 0. The first-order chi connectivity index (χ1) is 10.3. The number of benzene rings is 1. The molecule has 3 N–H and O–H groups in total. The van der Waals surface area contributed by atoms with Crippen molar-refractivity contribution >= 4 is 21.7 Å². The summed E-state index contributed by atoms with van der Waals surface area (Å²) in [4.78, 5) is 13.7. The van der Waals surface area contributed by atoms with E-state index in [0.717, 1.165) is 0 Å². The number of hydrogen-bond donors (Lipinski definition) is 2. The molecule has 0 aliphatic rings. The number of nitrogens with zero attached hydrogens (tertiary/aromatic N) is 2. The molecule has 0 amide bonds. The highest BCUT2D eigenvalue weighted by atomic mass is 79.9. The van der Waals surface area contributed by atoms with Crippen molar-refractivity contribution in [3.05, 3.63) is 49.5 Å². The quantitative estimate of drug-likeness (QED) is 0.595. The van der Waals surface area contributed by atoms with Crippen LogP contribution in [0.4, 0.5) is 19.0 Å². The predicted molar refractivity (Wildman–Crippen MR) is 73.9 cm³/mol. The Kier molecular flexibility index (Phi) is 3.93. The van der Waals surface area contributed by atoms with Crippen molar-refractivity contribution in [2.24, 2.45) is 0 Å². The second kappa shape index (κ2) is 5.54. The van der Waals surface area contributed by atoms with Crippen LogP contribution in [0.2, 0.25) is 0 Å². The number of rotatable bonds is 1. The number of nitrogen functional groups attached to an aromatic ring is 1. The molecule has 0 atom stereocenters. The first-order valence-corrected chi connectivity index (χ1v) is 6.32. The first-order valence-electron chi connectivity index (χ1n) is 5.52. The fourth-order valence-corrected chi connectivity index (χ4v) is 2.26. The molecule has 110 valence electrons. The lowest BCUT2D eigenvalue weighted by atomic mass is 9.95. The third-order valence-corrected chi connectivity index (χ3v) is 3.41. The van der Waals surface area contributed by atoms with Crippen LogP contribution in [0.1, 0.15) is 11.1 Å². The Balaban J connectivity index is 3.10. The lowest BCUT2D eigenvalue weighted by Gasteiger charge is -2.11. The SMILES string of the molecule is N#Cc1c(N)[nH]c(=O)c(C#N)c1-c1c(F)cc(Br)c(F)c1F. The van der Waals surface area contributed by atoms with Gasteiger partial charge in [-0.15, -0.1) is 0 Å². The Morgan fingerprint density at radius 2 is 1.68 bits per heavy atom. The standard InChI is InChI=1S/C13H4BrF3N4O/c14-6-1-7(15)9(11(17)10(6)16)8-4(2-18)12(20)21-13(22)5(8)3-19/h1H,(H3,20,21,22). The molecular formula is C13H4BrF3N4O. The molecule has 5 nitrogen and oxygen atoms in total. The van der Waals surface area contributed by atoms with Gasteiger partial charge in [-0.3, -0.25) is 4.79 Å². The normalized spacial score (nSPS) is 10.1. The summed E-state index contributed by atoms with van der Waals surface area (Å²) in [6, 6.07) is 3.59. The number of aromatic nitrogens is 1. The smallest absolute Gasteiger partial charge is 0.268 e. The lowest BCUT2D eigenvalue weighted by Crippen LogP contribution is -2.17. The molecule has 2 rings (SSSR count). The Labute approximate surface area is 129 Å². The fraction of sp³-hybridized carbons (Fsp3) is 0. The van der Waals surface area contributed by atoms with Gasteiger partial charge < -0.3 is 10.7 Å². The van der Waals surface area contributed by atoms with Gasteiger partial charge in [-0.25, -0.2) is 13.2 Å². The third kappa shape index (κ3) is 2.22. The summed E-state index contributed by atoms with van der Waals surface area (Å²) in [5.74, 6) is -4.82. The summed E-state index contributed by atoms with van der Waals surface area (Å²) >= 11 is 2.63. The Bertz CT molecular complexity index is 941. The highest BCUT2D eigenvalue weighted by molar-refractivity contribution is 9.10. The number of nitrogens with one attached hydrogen (secondary N) is 1. The highest BCUT2D eigenvalue weighted by Gasteiger charge is 2.26. The highest BCUT2D eigenvalue weighted by Crippen LogP contribution is 2.35. The molecule has 0 saturated heterocycles. The lowest BCUT2D eigenvalue weighted by molar-refractivity contribution is 0.494. The minimum atomic E-state index is -1.65. The van der Waals surface area contributed by atoms with Crippen molar-refractivity contribution in [3.63, 3.8) is 0 Å². The van der Waals surface area contributed by atoms with E-state index in [1.54, 1.807) is 0 Å². The molecule has 0 saturated carbocycles. The molecule has 0 bridgehead atoms. The maximum Gasteiger partial charge on any atom is 0.268 e. The minimum Gasteiger partial charge on any atom is -0.384 e. The van der Waals surface area contributed by atoms with E-state index >= 15 is 0 Å². The Morgan fingerprint density at radius 1 is 1.09 bits per heavy atom. The monoisotopic (exact) mass is 368 g/mol. The zero-order chi connectivity index (χ0) is 16.6. The molecular weight excluding hydrogens is 365 g/mol. The molecule has 0 unspecified atom stereocenters. The maximum absolute atomic E-state index is 14.1. The van der Waals surface area contributed by atoms with Crippen molar-refractivity contribution < 1.29 is 13.2 Å². The molecule has 0 aliphatic heterocycles. The number of hydrogen-bond acceptors (Lipinski definition) is 4. The van der Waals surface area contributed by atoms with E-state index in [1.807, 2.05) is 4.98 Å². The van der Waals surface area contributed by atoms with Crippen molar-refractivity contribution in [3.8, 4) is 23.3 Å². The Morgan fingerprint density at radius 3 is 2.23 bits per heavy atom. The van der Waals surface area contributed by atoms with Gasteiger partial charge in [-0.1, -0.05) is 0 Å². The van der Waals surface area contributed by atoms with E-state index in [9.17, 15) is 18.0 Å². The van der Waals surface area contributed by atoms with E-state index in [0.29, 0.717) is 6.07 Å². The number of pyridine rings is 1. The number of anilines is 1. The molecule has 1 aromatic carbocycles. The summed E-state index contributed by atoms with van der Waals surface area (Å²) < 4.78 is 41.3. The molecule has 0 fully saturated rings. The number of H-pyrrole nitrogens is 1. The number of aromatic amines is 1. The van der Waals surface area contributed by atoms with Crippen LogP contribution in [0.3, 0.4) is 0 Å². The van der Waals surface area contributed by atoms with Gasteiger partial charge >= 0.3 is 0 Å². The first kappa shape index (κ1) is 15.6. The van der Waals surface area contributed by atoms with E-state index in [4.69, 9.17) is 16.3 Å². The maximum atomic E-state index is 14.1. The van der Waals surface area contributed by atoms with Gasteiger partial charge in [0.15, 0.2) is 11.6 Å². The molecule has 0 radical (unpaired) electrons. The molecule has 22 heavy (non-hydrogen) atoms. The summed E-state index contributed by atoms with van der Waals surface area (Å²) in [5.41, 5.74) is 1.41. The molecule has 1 aromatic heterocycles. The van der Waals surface area contributed by atoms with Crippen molar-refractivity contribution in [2.75, 3.05) is 5.73 Å². The van der Waals surface area contributed by atoms with Crippen LogP contribution in [0.25, 0.3) is 11.1 Å². The number of halogens is 4. The predicted octanol–water partition coefficient (Wildman–Crippen LogP) is 2.55. The van der Waals surface area contributed by atoms with Gasteiger partial charge in [0, 0.05) is 5.56 Å². The van der Waals surface area contributed by atoms with Crippen LogP contribution >= 0.6 is 15.9 Å². The van der Waals surface area contributed by atoms with Crippen LogP contribution in [-0.4, -0.2) is 4.98 Å². The summed E-state index contributed by atoms with van der Waals surface area (Å²) in [5, 5.41) is 18.1. The van der Waals surface area contributed by atoms with Crippen LogP contribution in [0.5, 0.6) is 0 Å². The zero-order valence-electron chi connectivity index (χ0n) is 10.5. The van der Waals surface area contributed by atoms with Gasteiger partial charge in [0.25, 0.3) is 5.56 Å². The third-order valence-electron chi connectivity index (χ3n) is 2.83. The number of nitriles is 2. The van der Waals surface area contributed by atoms with E-state index in [-0.39, 0.29) is 0 Å². The van der Waals surface area contributed by atoms with Crippen molar-refractivity contribution in [1.29, 1.82) is 10.5 Å². The van der Waals surface area contributed by atoms with Crippen LogP contribution in [0, 0.1) is 40.1 Å². The molecule has 9 heteroatoms. The van der Waals surface area contributed by atoms with Crippen molar-refractivity contribution in [2.45, 2.75) is 0 Å². The average Bonchev–Trinajstić information content (AvgIpc) is 2.45. The zero-order valence-corrected chi connectivity index (χ0v) is 12.1.